The molecular formula is C12H14BrClO2. The summed E-state index contributed by atoms with van der Waals surface area (Å²) in [6, 6.07) is 5.66. The molecule has 0 saturated heterocycles. The molecule has 0 aliphatic heterocycles. The van der Waals surface area contributed by atoms with Crippen LogP contribution in [0, 0.1) is 0 Å². The van der Waals surface area contributed by atoms with Crippen molar-refractivity contribution < 1.29 is 9.53 Å². The van der Waals surface area contributed by atoms with Crippen molar-refractivity contribution in [3.05, 3.63) is 29.3 Å². The molecule has 0 aliphatic rings. The summed E-state index contributed by atoms with van der Waals surface area (Å²) < 4.78 is 5.48. The highest BCUT2D eigenvalue weighted by Gasteiger charge is 2.17. The van der Waals surface area contributed by atoms with Gasteiger partial charge in [-0.1, -0.05) is 22.0 Å². The van der Waals surface area contributed by atoms with E-state index in [0.29, 0.717) is 12.5 Å². The highest BCUT2D eigenvalue weighted by molar-refractivity contribution is 9.09. The SMILES string of the molecule is CCOc1ccc(CCl)cc1C(Br)C(C)=O. The average Bonchev–Trinajstić information content (AvgIpc) is 2.29. The van der Waals surface area contributed by atoms with Crippen LogP contribution in [0.5, 0.6) is 5.75 Å². The first kappa shape index (κ1) is 13.5. The van der Waals surface area contributed by atoms with Crippen LogP contribution in [0.2, 0.25) is 0 Å². The van der Waals surface area contributed by atoms with Crippen LogP contribution < -0.4 is 4.74 Å². The van der Waals surface area contributed by atoms with Crippen molar-refractivity contribution in [1.29, 1.82) is 0 Å². The molecule has 2 nitrogen and oxygen atoms in total. The van der Waals surface area contributed by atoms with Crippen molar-refractivity contribution in [2.24, 2.45) is 0 Å². The molecule has 1 rings (SSSR count). The first-order chi connectivity index (χ1) is 7.60. The average molecular weight is 306 g/mol. The van der Waals surface area contributed by atoms with Gasteiger partial charge < -0.3 is 4.74 Å². The number of rotatable bonds is 5. The highest BCUT2D eigenvalue weighted by Crippen LogP contribution is 2.33. The number of hydrogen-bond acceptors (Lipinski definition) is 2. The van der Waals surface area contributed by atoms with Crippen LogP contribution >= 0.6 is 27.5 Å². The van der Waals surface area contributed by atoms with Crippen LogP contribution in [0.1, 0.15) is 29.8 Å². The van der Waals surface area contributed by atoms with E-state index in [-0.39, 0.29) is 10.6 Å². The van der Waals surface area contributed by atoms with Gasteiger partial charge in [-0.05, 0) is 31.5 Å². The van der Waals surface area contributed by atoms with Crippen molar-refractivity contribution in [1.82, 2.24) is 0 Å². The predicted molar refractivity (Wildman–Crippen MR) is 69.5 cm³/mol. The van der Waals surface area contributed by atoms with Crippen LogP contribution in [-0.4, -0.2) is 12.4 Å². The second kappa shape index (κ2) is 6.26. The Morgan fingerprint density at radius 1 is 1.56 bits per heavy atom. The quantitative estimate of drug-likeness (QED) is 0.772. The van der Waals surface area contributed by atoms with Gasteiger partial charge in [0.2, 0.25) is 0 Å². The van der Waals surface area contributed by atoms with Gasteiger partial charge in [-0.25, -0.2) is 0 Å². The Hall–Kier alpha value is -0.540. The zero-order chi connectivity index (χ0) is 12.1. The van der Waals surface area contributed by atoms with Crippen LogP contribution in [0.15, 0.2) is 18.2 Å². The van der Waals surface area contributed by atoms with Gasteiger partial charge in [-0.2, -0.15) is 0 Å². The van der Waals surface area contributed by atoms with Gasteiger partial charge in [-0.15, -0.1) is 11.6 Å². The number of halogens is 2. The summed E-state index contributed by atoms with van der Waals surface area (Å²) in [5, 5.41) is 0. The highest BCUT2D eigenvalue weighted by atomic mass is 79.9. The first-order valence-corrected chi connectivity index (χ1v) is 6.51. The Balaban J connectivity index is 3.14. The Labute approximate surface area is 109 Å². The molecule has 0 radical (unpaired) electrons. The van der Waals surface area contributed by atoms with Crippen molar-refractivity contribution in [2.75, 3.05) is 6.61 Å². The second-order valence-corrected chi connectivity index (χ2v) is 4.59. The summed E-state index contributed by atoms with van der Waals surface area (Å²) in [6.07, 6.45) is 0. The fourth-order valence-electron chi connectivity index (χ4n) is 1.39. The normalized spacial score (nSPS) is 12.2. The molecule has 0 aliphatic carbocycles. The molecule has 88 valence electrons. The van der Waals surface area contributed by atoms with E-state index in [1.54, 1.807) is 6.92 Å². The molecule has 1 atom stereocenters. The molecule has 16 heavy (non-hydrogen) atoms. The number of carbonyl (C=O) groups is 1. The minimum atomic E-state index is -0.336. The molecule has 0 aromatic heterocycles. The number of ether oxygens (including phenoxy) is 1. The Kier molecular flexibility index (Phi) is 5.29. The summed E-state index contributed by atoms with van der Waals surface area (Å²) in [5.74, 6) is 1.21. The molecule has 1 aromatic carbocycles. The van der Waals surface area contributed by atoms with E-state index in [1.807, 2.05) is 25.1 Å². The summed E-state index contributed by atoms with van der Waals surface area (Å²) in [4.78, 5) is 11.0. The van der Waals surface area contributed by atoms with Gasteiger partial charge in [-0.3, -0.25) is 4.79 Å². The number of ketones is 1. The van der Waals surface area contributed by atoms with Crippen molar-refractivity contribution in [2.45, 2.75) is 24.6 Å². The Bertz CT molecular complexity index is 379. The second-order valence-electron chi connectivity index (χ2n) is 3.41. The lowest BCUT2D eigenvalue weighted by Gasteiger charge is -2.14. The summed E-state index contributed by atoms with van der Waals surface area (Å²) in [5.41, 5.74) is 1.82. The topological polar surface area (TPSA) is 26.3 Å². The number of benzene rings is 1. The molecule has 0 fully saturated rings. The molecule has 0 bridgehead atoms. The van der Waals surface area contributed by atoms with Crippen LogP contribution in [0.4, 0.5) is 0 Å². The number of hydrogen-bond donors (Lipinski definition) is 0. The number of alkyl halides is 2. The Morgan fingerprint density at radius 2 is 2.25 bits per heavy atom. The fraction of sp³-hybridized carbons (Fsp3) is 0.417. The van der Waals surface area contributed by atoms with E-state index in [0.717, 1.165) is 16.9 Å². The van der Waals surface area contributed by atoms with Gasteiger partial charge in [0.05, 0.1) is 6.61 Å². The van der Waals surface area contributed by atoms with Crippen LogP contribution in [-0.2, 0) is 10.7 Å². The lowest BCUT2D eigenvalue weighted by molar-refractivity contribution is -0.116. The maximum absolute atomic E-state index is 11.4. The lowest BCUT2D eigenvalue weighted by atomic mass is 10.1. The lowest BCUT2D eigenvalue weighted by Crippen LogP contribution is -2.05. The molecule has 0 heterocycles. The molecular weight excluding hydrogens is 291 g/mol. The first-order valence-electron chi connectivity index (χ1n) is 5.06. The molecule has 1 aromatic rings. The minimum absolute atomic E-state index is 0.0488. The monoisotopic (exact) mass is 304 g/mol. The maximum atomic E-state index is 11.4. The third kappa shape index (κ3) is 3.22. The molecule has 0 amide bonds. The Morgan fingerprint density at radius 3 is 2.75 bits per heavy atom. The van der Waals surface area contributed by atoms with Gasteiger partial charge in [0.25, 0.3) is 0 Å². The van der Waals surface area contributed by atoms with Gasteiger partial charge in [0.15, 0.2) is 0 Å². The van der Waals surface area contributed by atoms with Crippen LogP contribution in [0.3, 0.4) is 0 Å². The fourth-order valence-corrected chi connectivity index (χ4v) is 1.91. The molecule has 0 saturated carbocycles. The third-order valence-corrected chi connectivity index (χ3v) is 3.60. The zero-order valence-corrected chi connectivity index (χ0v) is 11.6. The van der Waals surface area contributed by atoms with Crippen LogP contribution in [0.25, 0.3) is 0 Å². The predicted octanol–water partition coefficient (Wildman–Crippen LogP) is 3.85. The maximum Gasteiger partial charge on any atom is 0.147 e. The minimum Gasteiger partial charge on any atom is -0.494 e. The standard InChI is InChI=1S/C12H14BrClO2/c1-3-16-11-5-4-9(7-14)6-10(11)12(13)8(2)15/h4-6,12H,3,7H2,1-2H3. The van der Waals surface area contributed by atoms with Gasteiger partial charge >= 0.3 is 0 Å². The molecule has 4 heteroatoms. The summed E-state index contributed by atoms with van der Waals surface area (Å²) in [7, 11) is 0. The van der Waals surface area contributed by atoms with E-state index in [4.69, 9.17) is 16.3 Å². The van der Waals surface area contributed by atoms with Crippen molar-refractivity contribution in [3.8, 4) is 5.75 Å². The van der Waals surface area contributed by atoms with E-state index >= 15 is 0 Å². The molecule has 0 spiro atoms. The largest absolute Gasteiger partial charge is 0.494 e. The molecule has 0 N–H and O–H groups in total. The smallest absolute Gasteiger partial charge is 0.147 e. The van der Waals surface area contributed by atoms with E-state index in [9.17, 15) is 4.79 Å². The van der Waals surface area contributed by atoms with Gasteiger partial charge in [0.1, 0.15) is 16.4 Å². The number of carbonyl (C=O) groups excluding carboxylic acids is 1. The van der Waals surface area contributed by atoms with Crippen molar-refractivity contribution in [3.63, 3.8) is 0 Å². The summed E-state index contributed by atoms with van der Waals surface area (Å²) >= 11 is 9.13. The zero-order valence-electron chi connectivity index (χ0n) is 9.30. The van der Waals surface area contributed by atoms with Crippen molar-refractivity contribution >= 4 is 33.3 Å². The van der Waals surface area contributed by atoms with E-state index in [2.05, 4.69) is 15.9 Å². The van der Waals surface area contributed by atoms with Gasteiger partial charge in [0, 0.05) is 11.4 Å². The number of Topliss-reactive ketones (excluding diaryl/α,β-unsaturated/α-hetero) is 1. The summed E-state index contributed by atoms with van der Waals surface area (Å²) in [6.45, 7) is 4.03. The molecule has 1 unspecified atom stereocenters. The van der Waals surface area contributed by atoms with E-state index < -0.39 is 0 Å². The van der Waals surface area contributed by atoms with E-state index in [1.165, 1.54) is 0 Å². The third-order valence-electron chi connectivity index (χ3n) is 2.16.